The molecule has 0 N–H and O–H groups in total. The Morgan fingerprint density at radius 2 is 2.10 bits per heavy atom. The summed E-state index contributed by atoms with van der Waals surface area (Å²) in [5.74, 6) is 0. The van der Waals surface area contributed by atoms with Crippen LogP contribution in [0.2, 0.25) is 0 Å². The van der Waals surface area contributed by atoms with Crippen LogP contribution in [0.4, 0.5) is 0 Å². The van der Waals surface area contributed by atoms with E-state index < -0.39 is 0 Å². The first-order valence-electron chi connectivity index (χ1n) is 3.43. The van der Waals surface area contributed by atoms with Gasteiger partial charge in [-0.3, -0.25) is 0 Å². The van der Waals surface area contributed by atoms with Crippen LogP contribution in [0.15, 0.2) is 11.8 Å². The summed E-state index contributed by atoms with van der Waals surface area (Å²) in [7, 11) is 5.66. The molecule has 0 radical (unpaired) electrons. The first kappa shape index (κ1) is 9.21. The fourth-order valence-corrected chi connectivity index (χ4v) is 0.688. The maximum absolute atomic E-state index is 4.88. The van der Waals surface area contributed by atoms with Crippen molar-refractivity contribution >= 4 is 6.21 Å². The molecule has 0 amide bonds. The summed E-state index contributed by atoms with van der Waals surface area (Å²) in [6.07, 6.45) is 4.81. The maximum Gasteiger partial charge on any atom is 0.169 e. The molecule has 0 spiro atoms. The van der Waals surface area contributed by atoms with E-state index in [4.69, 9.17) is 4.74 Å². The van der Waals surface area contributed by atoms with Crippen molar-refractivity contribution in [3.05, 3.63) is 11.8 Å². The number of hydrogen-bond donors (Lipinski definition) is 0. The molecule has 10 heavy (non-hydrogen) atoms. The second-order valence-corrected chi connectivity index (χ2v) is 2.37. The summed E-state index contributed by atoms with van der Waals surface area (Å²) in [4.78, 5) is 0. The lowest BCUT2D eigenvalue weighted by molar-refractivity contribution is -0.459. The van der Waals surface area contributed by atoms with Crippen molar-refractivity contribution in [2.75, 3.05) is 21.2 Å². The average Bonchev–Trinajstić information content (AvgIpc) is 1.86. The zero-order valence-electron chi connectivity index (χ0n) is 7.22. The number of methoxy groups -OCH3 is 1. The Bertz CT molecular complexity index is 143. The van der Waals surface area contributed by atoms with Gasteiger partial charge in [0.15, 0.2) is 6.21 Å². The van der Waals surface area contributed by atoms with Gasteiger partial charge in [0.25, 0.3) is 0 Å². The van der Waals surface area contributed by atoms with Crippen LogP contribution >= 0.6 is 0 Å². The summed E-state index contributed by atoms with van der Waals surface area (Å²) < 4.78 is 6.88. The molecule has 0 aliphatic heterocycles. The van der Waals surface area contributed by atoms with Crippen molar-refractivity contribution < 1.29 is 9.31 Å². The van der Waals surface area contributed by atoms with Gasteiger partial charge in [0.2, 0.25) is 0 Å². The second kappa shape index (κ2) is 5.03. The highest BCUT2D eigenvalue weighted by atomic mass is 16.5. The van der Waals surface area contributed by atoms with E-state index in [1.165, 1.54) is 5.57 Å². The molecule has 2 heteroatoms. The van der Waals surface area contributed by atoms with Crippen LogP contribution in [0.1, 0.15) is 13.3 Å². The summed E-state index contributed by atoms with van der Waals surface area (Å²) in [5.41, 5.74) is 1.20. The van der Waals surface area contributed by atoms with E-state index in [1.807, 2.05) is 24.9 Å². The number of allylic oxidation sites excluding steroid dienone is 1. The molecule has 0 aromatic heterocycles. The summed E-state index contributed by atoms with van der Waals surface area (Å²) in [5, 5.41) is 0. The normalized spacial score (nSPS) is 11.0. The van der Waals surface area contributed by atoms with Gasteiger partial charge in [0, 0.05) is 5.57 Å². The molecule has 0 aromatic rings. The van der Waals surface area contributed by atoms with Gasteiger partial charge in [-0.05, 0) is 6.42 Å². The summed E-state index contributed by atoms with van der Waals surface area (Å²) in [6, 6.07) is 0. The predicted octanol–water partition coefficient (Wildman–Crippen LogP) is 1.27. The monoisotopic (exact) mass is 142 g/mol. The van der Waals surface area contributed by atoms with Crippen LogP contribution < -0.4 is 0 Å². The molecule has 0 atom stereocenters. The molecule has 0 saturated heterocycles. The van der Waals surface area contributed by atoms with Gasteiger partial charge in [0.05, 0.1) is 13.4 Å². The van der Waals surface area contributed by atoms with Gasteiger partial charge >= 0.3 is 0 Å². The van der Waals surface area contributed by atoms with Crippen molar-refractivity contribution in [1.29, 1.82) is 0 Å². The highest BCUT2D eigenvalue weighted by Crippen LogP contribution is 1.95. The SMILES string of the molecule is CCC(=COC)C=[N+](C)C. The van der Waals surface area contributed by atoms with Gasteiger partial charge in [-0.25, -0.2) is 4.58 Å². The van der Waals surface area contributed by atoms with E-state index in [2.05, 4.69) is 6.92 Å². The Morgan fingerprint density at radius 1 is 1.50 bits per heavy atom. The molecule has 58 valence electrons. The molecular formula is C8H16NO+. The van der Waals surface area contributed by atoms with Gasteiger partial charge < -0.3 is 4.74 Å². The Kier molecular flexibility index (Phi) is 4.63. The third kappa shape index (κ3) is 4.13. The zero-order valence-corrected chi connectivity index (χ0v) is 7.22. The van der Waals surface area contributed by atoms with E-state index in [9.17, 15) is 0 Å². The van der Waals surface area contributed by atoms with E-state index >= 15 is 0 Å². The fourth-order valence-electron chi connectivity index (χ4n) is 0.688. The van der Waals surface area contributed by atoms with E-state index in [-0.39, 0.29) is 0 Å². The minimum atomic E-state index is 1.01. The highest BCUT2D eigenvalue weighted by Gasteiger charge is 1.92. The Morgan fingerprint density at radius 3 is 2.40 bits per heavy atom. The summed E-state index contributed by atoms with van der Waals surface area (Å²) >= 11 is 0. The molecule has 0 aliphatic carbocycles. The quantitative estimate of drug-likeness (QED) is 0.328. The largest absolute Gasteiger partial charge is 0.504 e. The van der Waals surface area contributed by atoms with Crippen LogP contribution in [0.25, 0.3) is 0 Å². The zero-order chi connectivity index (χ0) is 7.98. The van der Waals surface area contributed by atoms with Crippen molar-refractivity contribution in [3.63, 3.8) is 0 Å². The lowest BCUT2D eigenvalue weighted by atomic mass is 10.2. The Labute approximate surface area is 62.8 Å². The minimum Gasteiger partial charge on any atom is -0.504 e. The van der Waals surface area contributed by atoms with Crippen LogP contribution in [-0.4, -0.2) is 32.0 Å². The first-order valence-corrected chi connectivity index (χ1v) is 3.43. The highest BCUT2D eigenvalue weighted by molar-refractivity contribution is 5.73. The smallest absolute Gasteiger partial charge is 0.169 e. The standard InChI is InChI=1S/C8H16NO/c1-5-8(7-10-4)6-9(2)3/h6-7H,5H2,1-4H3/q+1. The fraction of sp³-hybridized carbons (Fsp3) is 0.625. The van der Waals surface area contributed by atoms with Crippen molar-refractivity contribution in [2.24, 2.45) is 0 Å². The minimum absolute atomic E-state index is 1.01. The van der Waals surface area contributed by atoms with Gasteiger partial charge in [0.1, 0.15) is 14.1 Å². The van der Waals surface area contributed by atoms with Gasteiger partial charge in [-0.2, -0.15) is 0 Å². The van der Waals surface area contributed by atoms with Crippen LogP contribution in [0.5, 0.6) is 0 Å². The second-order valence-electron chi connectivity index (χ2n) is 2.37. The van der Waals surface area contributed by atoms with E-state index in [1.54, 1.807) is 13.4 Å². The predicted molar refractivity (Wildman–Crippen MR) is 43.6 cm³/mol. The molecule has 0 bridgehead atoms. The third-order valence-corrected chi connectivity index (χ3v) is 1.10. The van der Waals surface area contributed by atoms with E-state index in [0.717, 1.165) is 6.42 Å². The number of ether oxygens (including phenoxy) is 1. The molecule has 0 aliphatic rings. The maximum atomic E-state index is 4.88. The molecule has 0 fully saturated rings. The molecule has 0 aromatic carbocycles. The number of hydrogen-bond acceptors (Lipinski definition) is 1. The lowest BCUT2D eigenvalue weighted by Crippen LogP contribution is -2.00. The van der Waals surface area contributed by atoms with E-state index in [0.29, 0.717) is 0 Å². The number of nitrogens with zero attached hydrogens (tertiary/aromatic N) is 1. The molecule has 2 nitrogen and oxygen atoms in total. The average molecular weight is 142 g/mol. The van der Waals surface area contributed by atoms with Crippen LogP contribution in [0, 0.1) is 0 Å². The lowest BCUT2D eigenvalue weighted by Gasteiger charge is -1.93. The Hall–Kier alpha value is -0.790. The molecule has 0 rings (SSSR count). The molecule has 0 heterocycles. The number of rotatable bonds is 3. The van der Waals surface area contributed by atoms with Crippen LogP contribution in [0.3, 0.4) is 0 Å². The topological polar surface area (TPSA) is 12.2 Å². The van der Waals surface area contributed by atoms with Gasteiger partial charge in [-0.1, -0.05) is 6.92 Å². The summed E-state index contributed by atoms with van der Waals surface area (Å²) in [6.45, 7) is 2.10. The Balaban J connectivity index is 4.09. The van der Waals surface area contributed by atoms with Gasteiger partial charge in [-0.15, -0.1) is 0 Å². The third-order valence-electron chi connectivity index (χ3n) is 1.10. The van der Waals surface area contributed by atoms with Crippen molar-refractivity contribution in [2.45, 2.75) is 13.3 Å². The first-order chi connectivity index (χ1) is 4.70. The molecule has 0 saturated carbocycles. The van der Waals surface area contributed by atoms with Crippen LogP contribution in [-0.2, 0) is 4.74 Å². The van der Waals surface area contributed by atoms with Crippen molar-refractivity contribution in [1.82, 2.24) is 0 Å². The molecule has 0 unspecified atom stereocenters. The van der Waals surface area contributed by atoms with Crippen molar-refractivity contribution in [3.8, 4) is 0 Å². The molecular weight excluding hydrogens is 126 g/mol.